The maximum absolute atomic E-state index is 11.6. The predicted octanol–water partition coefficient (Wildman–Crippen LogP) is 1.63. The molecular weight excluding hydrogens is 306 g/mol. The third kappa shape index (κ3) is 4.79. The minimum Gasteiger partial charge on any atom is -0.392 e. The molecule has 0 saturated carbocycles. The Morgan fingerprint density at radius 3 is 2.79 bits per heavy atom. The second-order valence-corrected chi connectivity index (χ2v) is 7.12. The van der Waals surface area contributed by atoms with Crippen LogP contribution in [0.5, 0.6) is 0 Å². The smallest absolute Gasteiger partial charge is 0.227 e. The number of nitrogens with two attached hydrogens (primary N) is 1. The van der Waals surface area contributed by atoms with E-state index in [9.17, 15) is 9.90 Å². The number of aliphatic hydroxyl groups is 1. The van der Waals surface area contributed by atoms with E-state index in [0.29, 0.717) is 19.6 Å². The van der Waals surface area contributed by atoms with E-state index in [1.807, 2.05) is 45.9 Å². The fraction of sp³-hybridized carbons (Fsp3) is 0.556. The molecule has 0 radical (unpaired) electrons. The number of aliphatic hydroxyl groups excluding tert-OH is 1. The molecule has 0 spiro atoms. The lowest BCUT2D eigenvalue weighted by molar-refractivity contribution is -0.121. The van der Waals surface area contributed by atoms with Gasteiger partial charge in [0.1, 0.15) is 0 Å². The van der Waals surface area contributed by atoms with Crippen LogP contribution in [-0.2, 0) is 16.0 Å². The molecule has 1 aromatic carbocycles. The second kappa shape index (κ2) is 7.32. The summed E-state index contributed by atoms with van der Waals surface area (Å²) in [5, 5.41) is 13.2. The Bertz CT molecular complexity index is 635. The van der Waals surface area contributed by atoms with Gasteiger partial charge in [-0.05, 0) is 57.4 Å². The standard InChI is InChI=1S/C18H27N3O3/c1-11(20-7-8-24-18(2,3)4)21-13-6-5-12-9-15(22)16(17(19)23)14(12)10-13/h5-6,10,15-16,22H,7-9H2,1-4H3,(H2,19,23)(H,20,21)/t15-,16-/m1/s1. The van der Waals surface area contributed by atoms with E-state index in [1.165, 1.54) is 0 Å². The van der Waals surface area contributed by atoms with E-state index in [4.69, 9.17) is 10.5 Å². The quantitative estimate of drug-likeness (QED) is 0.433. The summed E-state index contributed by atoms with van der Waals surface area (Å²) in [6.07, 6.45) is -0.292. The number of ether oxygens (including phenoxy) is 1. The zero-order chi connectivity index (χ0) is 17.9. The van der Waals surface area contributed by atoms with Crippen molar-refractivity contribution >= 4 is 17.4 Å². The van der Waals surface area contributed by atoms with Crippen molar-refractivity contribution in [3.8, 4) is 0 Å². The topological polar surface area (TPSA) is 96.9 Å². The lowest BCUT2D eigenvalue weighted by Gasteiger charge is -2.19. The Morgan fingerprint density at radius 2 is 2.17 bits per heavy atom. The molecule has 2 rings (SSSR count). The number of hydrogen-bond acceptors (Lipinski definition) is 4. The van der Waals surface area contributed by atoms with Gasteiger partial charge in [0.2, 0.25) is 5.91 Å². The third-order valence-corrected chi connectivity index (χ3v) is 3.90. The molecule has 1 aromatic rings. The maximum atomic E-state index is 11.6. The summed E-state index contributed by atoms with van der Waals surface area (Å²) in [6, 6.07) is 5.61. The van der Waals surface area contributed by atoms with Crippen LogP contribution in [-0.4, -0.2) is 41.7 Å². The van der Waals surface area contributed by atoms with Crippen LogP contribution in [0.3, 0.4) is 0 Å². The van der Waals surface area contributed by atoms with Gasteiger partial charge in [-0.1, -0.05) is 6.07 Å². The van der Waals surface area contributed by atoms with Crippen LogP contribution in [0, 0.1) is 0 Å². The van der Waals surface area contributed by atoms with Gasteiger partial charge in [-0.3, -0.25) is 4.79 Å². The normalized spacial score (nSPS) is 20.8. The van der Waals surface area contributed by atoms with Crippen LogP contribution in [0.1, 0.15) is 44.7 Å². The molecule has 0 unspecified atom stereocenters. The molecule has 6 nitrogen and oxygen atoms in total. The number of carbonyl (C=O) groups excluding carboxylic acids is 1. The molecule has 1 amide bonds. The van der Waals surface area contributed by atoms with Crippen LogP contribution in [0.2, 0.25) is 0 Å². The number of amides is 1. The van der Waals surface area contributed by atoms with Gasteiger partial charge in [-0.15, -0.1) is 0 Å². The van der Waals surface area contributed by atoms with Crippen molar-refractivity contribution in [2.24, 2.45) is 10.7 Å². The monoisotopic (exact) mass is 333 g/mol. The number of primary amides is 1. The number of nitrogens with one attached hydrogen (secondary N) is 1. The van der Waals surface area contributed by atoms with Crippen LogP contribution >= 0.6 is 0 Å². The van der Waals surface area contributed by atoms with Gasteiger partial charge in [-0.25, -0.2) is 4.99 Å². The summed E-state index contributed by atoms with van der Waals surface area (Å²) >= 11 is 0. The molecule has 0 bridgehead atoms. The van der Waals surface area contributed by atoms with Gasteiger partial charge < -0.3 is 20.9 Å². The number of hydrogen-bond donors (Lipinski definition) is 3. The SMILES string of the molecule is CC(=Nc1ccc2c(c1)[C@@H](C(N)=O)[C@H](O)C2)NCCOC(C)(C)C. The molecule has 1 aliphatic carbocycles. The van der Waals surface area contributed by atoms with Gasteiger partial charge in [0, 0.05) is 6.54 Å². The molecule has 0 heterocycles. The number of carbonyl (C=O) groups is 1. The summed E-state index contributed by atoms with van der Waals surface area (Å²) < 4.78 is 5.65. The molecule has 0 aromatic heterocycles. The summed E-state index contributed by atoms with van der Waals surface area (Å²) in [5.74, 6) is -0.387. The lowest BCUT2D eigenvalue weighted by Crippen LogP contribution is -2.29. The van der Waals surface area contributed by atoms with Gasteiger partial charge >= 0.3 is 0 Å². The highest BCUT2D eigenvalue weighted by molar-refractivity contribution is 5.85. The first kappa shape index (κ1) is 18.4. The van der Waals surface area contributed by atoms with E-state index in [2.05, 4.69) is 10.3 Å². The average molecular weight is 333 g/mol. The van der Waals surface area contributed by atoms with Crippen molar-refractivity contribution in [3.05, 3.63) is 29.3 Å². The molecule has 4 N–H and O–H groups in total. The van der Waals surface area contributed by atoms with Gasteiger partial charge in [-0.2, -0.15) is 0 Å². The molecule has 6 heteroatoms. The summed E-state index contributed by atoms with van der Waals surface area (Å²) in [4.78, 5) is 16.1. The molecule has 24 heavy (non-hydrogen) atoms. The number of fused-ring (bicyclic) bond motifs is 1. The van der Waals surface area contributed by atoms with Crippen molar-refractivity contribution in [2.75, 3.05) is 13.2 Å². The first-order chi connectivity index (χ1) is 11.2. The lowest BCUT2D eigenvalue weighted by atomic mass is 9.99. The summed E-state index contributed by atoms with van der Waals surface area (Å²) in [6.45, 7) is 9.19. The highest BCUT2D eigenvalue weighted by Crippen LogP contribution is 2.35. The zero-order valence-electron chi connectivity index (χ0n) is 14.8. The number of nitrogens with zero attached hydrogens (tertiary/aromatic N) is 1. The van der Waals surface area contributed by atoms with Gasteiger partial charge in [0.15, 0.2) is 0 Å². The zero-order valence-corrected chi connectivity index (χ0v) is 14.8. The van der Waals surface area contributed by atoms with E-state index in [-0.39, 0.29) is 5.60 Å². The number of aliphatic imine (C=N–C) groups is 1. The van der Waals surface area contributed by atoms with Crippen LogP contribution in [0.4, 0.5) is 5.69 Å². The number of benzene rings is 1. The first-order valence-corrected chi connectivity index (χ1v) is 8.21. The van der Waals surface area contributed by atoms with Crippen molar-refractivity contribution in [1.82, 2.24) is 5.32 Å². The summed E-state index contributed by atoms with van der Waals surface area (Å²) in [7, 11) is 0. The van der Waals surface area contributed by atoms with Gasteiger partial charge in [0.05, 0.1) is 35.8 Å². The Hall–Kier alpha value is -1.92. The van der Waals surface area contributed by atoms with Crippen LogP contribution in [0.15, 0.2) is 23.2 Å². The minimum absolute atomic E-state index is 0.155. The Balaban J connectivity index is 2.02. The highest BCUT2D eigenvalue weighted by atomic mass is 16.5. The average Bonchev–Trinajstić information content (AvgIpc) is 2.78. The second-order valence-electron chi connectivity index (χ2n) is 7.12. The number of amidine groups is 1. The molecule has 0 aliphatic heterocycles. The van der Waals surface area contributed by atoms with E-state index in [1.54, 1.807) is 0 Å². The first-order valence-electron chi connectivity index (χ1n) is 8.21. The van der Waals surface area contributed by atoms with E-state index in [0.717, 1.165) is 22.6 Å². The largest absolute Gasteiger partial charge is 0.392 e. The fourth-order valence-electron chi connectivity index (χ4n) is 2.84. The summed E-state index contributed by atoms with van der Waals surface area (Å²) in [5.41, 5.74) is 7.72. The minimum atomic E-state index is -0.745. The maximum Gasteiger partial charge on any atom is 0.227 e. The van der Waals surface area contributed by atoms with Crippen molar-refractivity contribution < 1.29 is 14.6 Å². The van der Waals surface area contributed by atoms with Crippen LogP contribution in [0.25, 0.3) is 0 Å². The molecule has 2 atom stereocenters. The van der Waals surface area contributed by atoms with Crippen molar-refractivity contribution in [2.45, 2.75) is 51.7 Å². The Kier molecular flexibility index (Phi) is 5.62. The Morgan fingerprint density at radius 1 is 1.46 bits per heavy atom. The molecular formula is C18H27N3O3. The molecule has 1 aliphatic rings. The van der Waals surface area contributed by atoms with E-state index >= 15 is 0 Å². The highest BCUT2D eigenvalue weighted by Gasteiger charge is 2.35. The predicted molar refractivity (Wildman–Crippen MR) is 94.6 cm³/mol. The molecule has 0 saturated heterocycles. The van der Waals surface area contributed by atoms with Crippen molar-refractivity contribution in [1.29, 1.82) is 0 Å². The molecule has 0 fully saturated rings. The number of rotatable bonds is 5. The Labute approximate surface area is 143 Å². The molecule has 132 valence electrons. The van der Waals surface area contributed by atoms with Crippen LogP contribution < -0.4 is 11.1 Å². The fourth-order valence-corrected chi connectivity index (χ4v) is 2.84. The van der Waals surface area contributed by atoms with Crippen molar-refractivity contribution in [3.63, 3.8) is 0 Å². The van der Waals surface area contributed by atoms with Gasteiger partial charge in [0.25, 0.3) is 0 Å². The van der Waals surface area contributed by atoms with E-state index < -0.39 is 17.9 Å². The third-order valence-electron chi connectivity index (χ3n) is 3.90.